The van der Waals surface area contributed by atoms with Crippen LogP contribution in [0.25, 0.3) is 0 Å². The van der Waals surface area contributed by atoms with Gasteiger partial charge in [0.15, 0.2) is 0 Å². The third-order valence-electron chi connectivity index (χ3n) is 2.21. The van der Waals surface area contributed by atoms with Crippen LogP contribution in [0.2, 0.25) is 0 Å². The van der Waals surface area contributed by atoms with Crippen LogP contribution in [-0.4, -0.2) is 0 Å². The molecule has 0 fully saturated rings. The Morgan fingerprint density at radius 3 is 1.82 bits per heavy atom. The molecular formula is C11H12. The lowest BCUT2D eigenvalue weighted by Gasteiger charge is -2.16. The average Bonchev–Trinajstić information content (AvgIpc) is 2.28. The van der Waals surface area contributed by atoms with E-state index in [0.29, 0.717) is 11.8 Å². The van der Waals surface area contributed by atoms with E-state index in [-0.39, 0.29) is 0 Å². The summed E-state index contributed by atoms with van der Waals surface area (Å²) in [6.45, 7) is 0. The molecule has 0 radical (unpaired) electrons. The van der Waals surface area contributed by atoms with Crippen LogP contribution in [0.4, 0.5) is 0 Å². The van der Waals surface area contributed by atoms with Crippen LogP contribution in [0.3, 0.4) is 0 Å². The highest BCUT2D eigenvalue weighted by Crippen LogP contribution is 2.24. The minimum absolute atomic E-state index is 0.610. The van der Waals surface area contributed by atoms with E-state index in [2.05, 4.69) is 48.6 Å². The first-order valence-electron chi connectivity index (χ1n) is 4.15. The Balaban J connectivity index is 2.27. The van der Waals surface area contributed by atoms with Crippen molar-refractivity contribution in [1.29, 1.82) is 0 Å². The van der Waals surface area contributed by atoms with Crippen LogP contribution in [-0.2, 0) is 0 Å². The van der Waals surface area contributed by atoms with Crippen molar-refractivity contribution < 1.29 is 0 Å². The van der Waals surface area contributed by atoms with Crippen LogP contribution in [0, 0.1) is 11.8 Å². The van der Waals surface area contributed by atoms with Crippen LogP contribution < -0.4 is 0 Å². The van der Waals surface area contributed by atoms with Crippen LogP contribution in [0.1, 0.15) is 6.42 Å². The Bertz CT molecular complexity index is 215. The molecule has 2 unspecified atom stereocenters. The molecular weight excluding hydrogens is 132 g/mol. The molecule has 0 heteroatoms. The molecule has 2 aliphatic carbocycles. The van der Waals surface area contributed by atoms with E-state index < -0.39 is 0 Å². The van der Waals surface area contributed by atoms with Gasteiger partial charge in [0.05, 0.1) is 0 Å². The van der Waals surface area contributed by atoms with Crippen molar-refractivity contribution in [2.45, 2.75) is 6.42 Å². The summed E-state index contributed by atoms with van der Waals surface area (Å²) >= 11 is 0. The molecule has 2 aliphatic rings. The van der Waals surface area contributed by atoms with Crippen molar-refractivity contribution in [3.8, 4) is 0 Å². The van der Waals surface area contributed by atoms with Crippen LogP contribution in [0.15, 0.2) is 48.6 Å². The van der Waals surface area contributed by atoms with Gasteiger partial charge >= 0.3 is 0 Å². The molecule has 0 saturated carbocycles. The molecule has 0 N–H and O–H groups in total. The van der Waals surface area contributed by atoms with Crippen molar-refractivity contribution in [3.05, 3.63) is 48.6 Å². The SMILES string of the molecule is C1=CC2C=CCC=CC2C=C1. The number of fused-ring (bicyclic) bond motifs is 1. The first kappa shape index (κ1) is 6.66. The Kier molecular flexibility index (Phi) is 1.76. The molecule has 0 heterocycles. The summed E-state index contributed by atoms with van der Waals surface area (Å²) in [6, 6.07) is 0. The smallest absolute Gasteiger partial charge is 0.00474 e. The van der Waals surface area contributed by atoms with E-state index >= 15 is 0 Å². The number of hydrogen-bond donors (Lipinski definition) is 0. The summed E-state index contributed by atoms with van der Waals surface area (Å²) in [5.74, 6) is 1.22. The van der Waals surface area contributed by atoms with Gasteiger partial charge in [-0.1, -0.05) is 48.6 Å². The zero-order chi connectivity index (χ0) is 7.52. The van der Waals surface area contributed by atoms with E-state index in [4.69, 9.17) is 0 Å². The second kappa shape index (κ2) is 2.91. The lowest BCUT2D eigenvalue weighted by molar-refractivity contribution is 0.670. The molecule has 0 aliphatic heterocycles. The summed E-state index contributed by atoms with van der Waals surface area (Å²) in [6.07, 6.45) is 18.9. The molecule has 0 aromatic carbocycles. The van der Waals surface area contributed by atoms with Crippen molar-refractivity contribution in [3.63, 3.8) is 0 Å². The maximum atomic E-state index is 2.30. The van der Waals surface area contributed by atoms with E-state index in [1.165, 1.54) is 0 Å². The summed E-state index contributed by atoms with van der Waals surface area (Å²) in [7, 11) is 0. The normalized spacial score (nSPS) is 33.5. The molecule has 2 atom stereocenters. The fraction of sp³-hybridized carbons (Fsp3) is 0.273. The zero-order valence-corrected chi connectivity index (χ0v) is 6.48. The standard InChI is InChI=1S/C11H12/c1-2-6-10-8-4-5-9-11(10)7-3-1/h2-11H,1H2. The van der Waals surface area contributed by atoms with Gasteiger partial charge in [0, 0.05) is 11.8 Å². The predicted octanol–water partition coefficient (Wildman–Crippen LogP) is 2.86. The monoisotopic (exact) mass is 144 g/mol. The van der Waals surface area contributed by atoms with E-state index in [0.717, 1.165) is 6.42 Å². The van der Waals surface area contributed by atoms with Gasteiger partial charge < -0.3 is 0 Å². The van der Waals surface area contributed by atoms with E-state index in [9.17, 15) is 0 Å². The van der Waals surface area contributed by atoms with Crippen molar-refractivity contribution in [2.24, 2.45) is 11.8 Å². The fourth-order valence-corrected chi connectivity index (χ4v) is 1.58. The summed E-state index contributed by atoms with van der Waals surface area (Å²) < 4.78 is 0. The van der Waals surface area contributed by atoms with Gasteiger partial charge in [-0.25, -0.2) is 0 Å². The van der Waals surface area contributed by atoms with Crippen molar-refractivity contribution in [2.75, 3.05) is 0 Å². The lowest BCUT2D eigenvalue weighted by atomic mass is 9.89. The first-order chi connectivity index (χ1) is 5.47. The Labute approximate surface area is 67.6 Å². The van der Waals surface area contributed by atoms with Gasteiger partial charge in [0.25, 0.3) is 0 Å². The van der Waals surface area contributed by atoms with Gasteiger partial charge in [-0.2, -0.15) is 0 Å². The summed E-state index contributed by atoms with van der Waals surface area (Å²) in [4.78, 5) is 0. The topological polar surface area (TPSA) is 0 Å². The molecule has 11 heavy (non-hydrogen) atoms. The van der Waals surface area contributed by atoms with Gasteiger partial charge in [0.1, 0.15) is 0 Å². The summed E-state index contributed by atoms with van der Waals surface area (Å²) in [5.41, 5.74) is 0. The molecule has 0 aromatic rings. The van der Waals surface area contributed by atoms with Crippen molar-refractivity contribution in [1.82, 2.24) is 0 Å². The fourth-order valence-electron chi connectivity index (χ4n) is 1.58. The van der Waals surface area contributed by atoms with E-state index in [1.54, 1.807) is 0 Å². The Morgan fingerprint density at radius 1 is 0.727 bits per heavy atom. The number of allylic oxidation sites excluding steroid dienone is 8. The van der Waals surface area contributed by atoms with E-state index in [1.807, 2.05) is 0 Å². The van der Waals surface area contributed by atoms with Crippen LogP contribution in [0.5, 0.6) is 0 Å². The van der Waals surface area contributed by atoms with Crippen molar-refractivity contribution >= 4 is 0 Å². The minimum Gasteiger partial charge on any atom is -0.0841 e. The van der Waals surface area contributed by atoms with Crippen LogP contribution >= 0.6 is 0 Å². The highest BCUT2D eigenvalue weighted by molar-refractivity contribution is 5.24. The Morgan fingerprint density at radius 2 is 1.27 bits per heavy atom. The summed E-state index contributed by atoms with van der Waals surface area (Å²) in [5, 5.41) is 0. The van der Waals surface area contributed by atoms with Gasteiger partial charge in [-0.3, -0.25) is 0 Å². The lowest BCUT2D eigenvalue weighted by Crippen LogP contribution is -2.06. The third kappa shape index (κ3) is 1.35. The van der Waals surface area contributed by atoms with Gasteiger partial charge in [0.2, 0.25) is 0 Å². The minimum atomic E-state index is 0.610. The second-order valence-electron chi connectivity index (χ2n) is 3.02. The average molecular weight is 144 g/mol. The molecule has 56 valence electrons. The molecule has 0 nitrogen and oxygen atoms in total. The van der Waals surface area contributed by atoms with Gasteiger partial charge in [-0.15, -0.1) is 0 Å². The predicted molar refractivity (Wildman–Crippen MR) is 48.2 cm³/mol. The molecule has 0 saturated heterocycles. The highest BCUT2D eigenvalue weighted by Gasteiger charge is 2.13. The Hall–Kier alpha value is -1.04. The maximum absolute atomic E-state index is 2.30. The number of rotatable bonds is 0. The molecule has 0 spiro atoms. The quantitative estimate of drug-likeness (QED) is 0.458. The maximum Gasteiger partial charge on any atom is 0.00474 e. The molecule has 0 amide bonds. The second-order valence-corrected chi connectivity index (χ2v) is 3.02. The highest BCUT2D eigenvalue weighted by atomic mass is 14.2. The van der Waals surface area contributed by atoms with Gasteiger partial charge in [-0.05, 0) is 6.42 Å². The molecule has 0 bridgehead atoms. The zero-order valence-electron chi connectivity index (χ0n) is 6.48. The number of hydrogen-bond acceptors (Lipinski definition) is 0. The molecule has 2 rings (SSSR count). The third-order valence-corrected chi connectivity index (χ3v) is 2.21. The first-order valence-corrected chi connectivity index (χ1v) is 4.15. The largest absolute Gasteiger partial charge is 0.0841 e. The molecule has 0 aromatic heterocycles.